The quantitative estimate of drug-likeness (QED) is 0.422. The number of pyridine rings is 1. The monoisotopic (exact) mass is 508 g/mol. The molecule has 2 aliphatic heterocycles. The lowest BCUT2D eigenvalue weighted by Gasteiger charge is -2.28. The van der Waals surface area contributed by atoms with Gasteiger partial charge in [-0.1, -0.05) is 23.7 Å². The van der Waals surface area contributed by atoms with Crippen LogP contribution in [0.3, 0.4) is 0 Å². The Labute approximate surface area is 214 Å². The largest absolute Gasteiger partial charge is 0.382 e. The maximum Gasteiger partial charge on any atom is 0.204 e. The molecule has 5 heterocycles. The van der Waals surface area contributed by atoms with E-state index in [1.165, 1.54) is 0 Å². The van der Waals surface area contributed by atoms with Gasteiger partial charge in [-0.2, -0.15) is 9.61 Å². The number of aryl methyl sites for hydroxylation is 1. The molecule has 0 aliphatic carbocycles. The highest BCUT2D eigenvalue weighted by Crippen LogP contribution is 2.32. The van der Waals surface area contributed by atoms with E-state index in [1.807, 2.05) is 24.4 Å². The Balaban J connectivity index is 1.44. The van der Waals surface area contributed by atoms with Crippen molar-refractivity contribution in [2.45, 2.75) is 31.8 Å². The number of rotatable bonds is 6. The predicted octanol–water partition coefficient (Wildman–Crippen LogP) is 3.60. The predicted molar refractivity (Wildman–Crippen MR) is 136 cm³/mol. The first-order valence-electron chi connectivity index (χ1n) is 12.6. The lowest BCUT2D eigenvalue weighted by Crippen LogP contribution is -2.36. The SMILES string of the molecule is OC(c1ccc(Cl)cc1)c1nn2c(CCC3CCOCC3)nnc2c2ncc(N3CCOCC3)cc12. The average molecular weight is 509 g/mol. The van der Waals surface area contributed by atoms with E-state index in [4.69, 9.17) is 31.2 Å². The molecule has 188 valence electrons. The van der Waals surface area contributed by atoms with Crippen molar-refractivity contribution in [3.63, 3.8) is 0 Å². The molecule has 9 nitrogen and oxygen atoms in total. The van der Waals surface area contributed by atoms with Gasteiger partial charge in [0.1, 0.15) is 17.3 Å². The molecule has 0 amide bonds. The van der Waals surface area contributed by atoms with Crippen LogP contribution in [0.4, 0.5) is 5.69 Å². The molecule has 10 heteroatoms. The maximum atomic E-state index is 11.5. The summed E-state index contributed by atoms with van der Waals surface area (Å²) in [5, 5.41) is 26.7. The molecular formula is C26H29ClN6O3. The molecule has 6 rings (SSSR count). The van der Waals surface area contributed by atoms with Crippen molar-refractivity contribution in [1.29, 1.82) is 0 Å². The zero-order valence-electron chi connectivity index (χ0n) is 20.0. The Hall–Kier alpha value is -2.85. The summed E-state index contributed by atoms with van der Waals surface area (Å²) >= 11 is 6.10. The number of nitrogens with zero attached hydrogens (tertiary/aromatic N) is 6. The highest BCUT2D eigenvalue weighted by molar-refractivity contribution is 6.30. The van der Waals surface area contributed by atoms with E-state index >= 15 is 0 Å². The van der Waals surface area contributed by atoms with E-state index in [1.54, 1.807) is 16.6 Å². The van der Waals surface area contributed by atoms with Crippen LogP contribution in [0.5, 0.6) is 0 Å². The van der Waals surface area contributed by atoms with E-state index < -0.39 is 6.10 Å². The fourth-order valence-electron chi connectivity index (χ4n) is 5.08. The second-order valence-electron chi connectivity index (χ2n) is 9.47. The van der Waals surface area contributed by atoms with E-state index in [-0.39, 0.29) is 0 Å². The number of aromatic nitrogens is 5. The van der Waals surface area contributed by atoms with Crippen LogP contribution in [0.2, 0.25) is 5.02 Å². The number of fused-ring (bicyclic) bond motifs is 3. The Bertz CT molecular complexity index is 1350. The number of halogens is 1. The van der Waals surface area contributed by atoms with Crippen LogP contribution < -0.4 is 4.90 Å². The van der Waals surface area contributed by atoms with Crippen LogP contribution in [0.1, 0.15) is 42.4 Å². The zero-order chi connectivity index (χ0) is 24.5. The topological polar surface area (TPSA) is 97.9 Å². The first kappa shape index (κ1) is 23.5. The van der Waals surface area contributed by atoms with Gasteiger partial charge in [-0.3, -0.25) is 0 Å². The number of benzene rings is 1. The number of hydrogen-bond donors (Lipinski definition) is 1. The Morgan fingerprint density at radius 2 is 1.78 bits per heavy atom. The van der Waals surface area contributed by atoms with Crippen molar-refractivity contribution in [3.05, 3.63) is 58.6 Å². The molecule has 2 saturated heterocycles. The number of morpholine rings is 1. The standard InChI is InChI=1S/C26H29ClN6O3/c27-19-4-2-18(3-5-19)25(34)23-21-15-20(32-9-13-36-14-10-32)16-28-24(21)26-30-29-22(33(26)31-23)6-1-17-7-11-35-12-8-17/h2-5,15-17,25,34H,1,6-14H2. The fraction of sp³-hybridized carbons (Fsp3) is 0.462. The maximum absolute atomic E-state index is 11.5. The Morgan fingerprint density at radius 3 is 2.56 bits per heavy atom. The molecule has 1 unspecified atom stereocenters. The summed E-state index contributed by atoms with van der Waals surface area (Å²) in [6.07, 6.45) is 4.80. The van der Waals surface area contributed by atoms with Crippen molar-refractivity contribution < 1.29 is 14.6 Å². The van der Waals surface area contributed by atoms with Crippen molar-refractivity contribution in [2.24, 2.45) is 5.92 Å². The Kier molecular flexibility index (Phi) is 6.71. The highest BCUT2D eigenvalue weighted by atomic mass is 35.5. The Morgan fingerprint density at radius 1 is 1.03 bits per heavy atom. The van der Waals surface area contributed by atoms with Crippen molar-refractivity contribution in [1.82, 2.24) is 24.8 Å². The van der Waals surface area contributed by atoms with Crippen LogP contribution in [-0.2, 0) is 15.9 Å². The average Bonchev–Trinajstić information content (AvgIpc) is 3.35. The van der Waals surface area contributed by atoms with Crippen LogP contribution in [0.15, 0.2) is 36.5 Å². The molecule has 0 spiro atoms. The van der Waals surface area contributed by atoms with Crippen LogP contribution >= 0.6 is 11.6 Å². The third kappa shape index (κ3) is 4.64. The van der Waals surface area contributed by atoms with Crippen molar-refractivity contribution >= 4 is 33.8 Å². The van der Waals surface area contributed by atoms with Gasteiger partial charge in [0, 0.05) is 43.1 Å². The normalized spacial score (nSPS) is 18.2. The summed E-state index contributed by atoms with van der Waals surface area (Å²) < 4.78 is 12.8. The molecule has 0 bridgehead atoms. The van der Waals surface area contributed by atoms with Crippen LogP contribution in [-0.4, -0.2) is 69.4 Å². The first-order chi connectivity index (χ1) is 17.7. The molecule has 36 heavy (non-hydrogen) atoms. The van der Waals surface area contributed by atoms with Crippen LogP contribution in [0.25, 0.3) is 16.6 Å². The minimum Gasteiger partial charge on any atom is -0.382 e. The lowest BCUT2D eigenvalue weighted by atomic mass is 9.95. The molecule has 2 fully saturated rings. The van der Waals surface area contributed by atoms with E-state index in [9.17, 15) is 5.11 Å². The molecule has 1 atom stereocenters. The first-order valence-corrected chi connectivity index (χ1v) is 12.9. The summed E-state index contributed by atoms with van der Waals surface area (Å²) in [4.78, 5) is 7.04. The lowest BCUT2D eigenvalue weighted by molar-refractivity contribution is 0.0638. The van der Waals surface area contributed by atoms with Gasteiger partial charge in [0.05, 0.1) is 25.1 Å². The zero-order valence-corrected chi connectivity index (χ0v) is 20.8. The molecule has 1 N–H and O–H groups in total. The van der Waals surface area contributed by atoms with Gasteiger partial charge >= 0.3 is 0 Å². The van der Waals surface area contributed by atoms with Crippen LogP contribution in [0, 0.1) is 5.92 Å². The number of anilines is 1. The molecule has 1 aromatic carbocycles. The van der Waals surface area contributed by atoms with Gasteiger partial charge in [0.2, 0.25) is 5.65 Å². The number of aliphatic hydroxyl groups is 1. The van der Waals surface area contributed by atoms with E-state index in [2.05, 4.69) is 15.1 Å². The van der Waals surface area contributed by atoms with Gasteiger partial charge < -0.3 is 19.5 Å². The minimum atomic E-state index is -0.957. The summed E-state index contributed by atoms with van der Waals surface area (Å²) in [5.41, 5.74) is 3.49. The summed E-state index contributed by atoms with van der Waals surface area (Å²) in [5.74, 6) is 1.39. The summed E-state index contributed by atoms with van der Waals surface area (Å²) in [6.45, 7) is 4.58. The number of aliphatic hydroxyl groups excluding tert-OH is 1. The van der Waals surface area contributed by atoms with Gasteiger partial charge in [-0.15, -0.1) is 10.2 Å². The fourth-order valence-corrected chi connectivity index (χ4v) is 5.20. The molecule has 4 aromatic rings. The molecule has 0 saturated carbocycles. The number of hydrogen-bond acceptors (Lipinski definition) is 8. The molecule has 2 aliphatic rings. The van der Waals surface area contributed by atoms with Gasteiger partial charge in [-0.05, 0) is 48.9 Å². The van der Waals surface area contributed by atoms with Gasteiger partial charge in [0.25, 0.3) is 0 Å². The third-order valence-corrected chi connectivity index (χ3v) is 7.46. The van der Waals surface area contributed by atoms with E-state index in [0.717, 1.165) is 68.9 Å². The highest BCUT2D eigenvalue weighted by Gasteiger charge is 2.24. The molecular weight excluding hydrogens is 480 g/mol. The third-order valence-electron chi connectivity index (χ3n) is 7.21. The van der Waals surface area contributed by atoms with Gasteiger partial charge in [0.15, 0.2) is 5.82 Å². The second-order valence-corrected chi connectivity index (χ2v) is 9.91. The van der Waals surface area contributed by atoms with E-state index in [0.29, 0.717) is 46.6 Å². The van der Waals surface area contributed by atoms with Gasteiger partial charge in [-0.25, -0.2) is 4.98 Å². The second kappa shape index (κ2) is 10.3. The van der Waals surface area contributed by atoms with Crippen molar-refractivity contribution in [2.75, 3.05) is 44.4 Å². The summed E-state index contributed by atoms with van der Waals surface area (Å²) in [6, 6.07) is 9.24. The smallest absolute Gasteiger partial charge is 0.204 e. The molecule has 3 aromatic heterocycles. The van der Waals surface area contributed by atoms with Crippen molar-refractivity contribution in [3.8, 4) is 0 Å². The minimum absolute atomic E-state index is 0.523. The summed E-state index contributed by atoms with van der Waals surface area (Å²) in [7, 11) is 0. The number of ether oxygens (including phenoxy) is 2. The molecule has 0 radical (unpaired) electrons.